The van der Waals surface area contributed by atoms with Crippen LogP contribution in [0.5, 0.6) is 0 Å². The molecule has 5 nitrogen and oxygen atoms in total. The van der Waals surface area contributed by atoms with Crippen LogP contribution in [0.3, 0.4) is 0 Å². The number of likely N-dealkylation sites (tertiary alicyclic amines) is 1. The van der Waals surface area contributed by atoms with Crippen molar-refractivity contribution in [2.24, 2.45) is 5.92 Å². The number of nitrogens with zero attached hydrogens (tertiary/aromatic N) is 3. The van der Waals surface area contributed by atoms with E-state index in [1.807, 2.05) is 7.11 Å². The van der Waals surface area contributed by atoms with Crippen LogP contribution in [0.25, 0.3) is 0 Å². The third-order valence-corrected chi connectivity index (χ3v) is 5.82. The third kappa shape index (κ3) is 5.95. The van der Waals surface area contributed by atoms with Gasteiger partial charge >= 0.3 is 0 Å². The van der Waals surface area contributed by atoms with Gasteiger partial charge in [-0.2, -0.15) is 0 Å². The summed E-state index contributed by atoms with van der Waals surface area (Å²) >= 11 is 0. The van der Waals surface area contributed by atoms with Crippen molar-refractivity contribution < 1.29 is 9.47 Å². The lowest BCUT2D eigenvalue weighted by Gasteiger charge is -2.45. The minimum atomic E-state index is 0.273. The topological polar surface area (TPSA) is 28.2 Å². The van der Waals surface area contributed by atoms with Crippen LogP contribution in [0.4, 0.5) is 0 Å². The van der Waals surface area contributed by atoms with Gasteiger partial charge in [-0.25, -0.2) is 0 Å². The molecule has 0 aromatic heterocycles. The molecule has 2 fully saturated rings. The predicted octanol–water partition coefficient (Wildman–Crippen LogP) is 2.12. The monoisotopic (exact) mass is 341 g/mol. The largest absolute Gasteiger partial charge is 0.381 e. The predicted molar refractivity (Wildman–Crippen MR) is 99.3 cm³/mol. The van der Waals surface area contributed by atoms with Gasteiger partial charge in [0.25, 0.3) is 0 Å². The van der Waals surface area contributed by atoms with Gasteiger partial charge in [-0.1, -0.05) is 0 Å². The Morgan fingerprint density at radius 2 is 1.79 bits per heavy atom. The highest BCUT2D eigenvalue weighted by molar-refractivity contribution is 4.89. The molecule has 1 saturated heterocycles. The second kappa shape index (κ2) is 10.1. The van der Waals surface area contributed by atoms with Gasteiger partial charge in [-0.3, -0.25) is 9.80 Å². The van der Waals surface area contributed by atoms with Crippen LogP contribution in [0.2, 0.25) is 0 Å². The number of piperidine rings is 1. The average molecular weight is 342 g/mol. The molecule has 24 heavy (non-hydrogen) atoms. The van der Waals surface area contributed by atoms with Gasteiger partial charge < -0.3 is 14.4 Å². The maximum atomic E-state index is 5.75. The quantitative estimate of drug-likeness (QED) is 0.607. The Hall–Kier alpha value is -0.200. The smallest absolute Gasteiger partial charge is 0.107 e. The van der Waals surface area contributed by atoms with Gasteiger partial charge in [0.15, 0.2) is 0 Å². The number of rotatable bonds is 10. The highest BCUT2D eigenvalue weighted by Crippen LogP contribution is 2.30. The molecule has 2 aliphatic rings. The summed E-state index contributed by atoms with van der Waals surface area (Å²) in [6.07, 6.45) is 5.79. The summed E-state index contributed by atoms with van der Waals surface area (Å²) in [5.41, 5.74) is 0. The van der Waals surface area contributed by atoms with Crippen molar-refractivity contribution in [3.05, 3.63) is 0 Å². The van der Waals surface area contributed by atoms with Crippen molar-refractivity contribution in [1.29, 1.82) is 0 Å². The highest BCUT2D eigenvalue weighted by Gasteiger charge is 2.35. The van der Waals surface area contributed by atoms with Crippen molar-refractivity contribution in [1.82, 2.24) is 14.7 Å². The molecule has 0 radical (unpaired) electrons. The summed E-state index contributed by atoms with van der Waals surface area (Å²) in [6, 6.07) is 0.732. The molecular formula is C19H39N3O2. The Bertz CT molecular complexity index is 340. The zero-order valence-corrected chi connectivity index (χ0v) is 16.5. The summed E-state index contributed by atoms with van der Waals surface area (Å²) in [5.74, 6) is 0.832. The Morgan fingerprint density at radius 1 is 1.12 bits per heavy atom. The SMILES string of the molecule is CCOC(C)N1CCC(CN(CCN(C)C)[C@H]2C[C@H](OC)C2)CC1. The van der Waals surface area contributed by atoms with Gasteiger partial charge in [-0.15, -0.1) is 0 Å². The normalized spacial score (nSPS) is 27.6. The maximum Gasteiger partial charge on any atom is 0.107 e. The number of ether oxygens (including phenoxy) is 2. The van der Waals surface area contributed by atoms with Crippen LogP contribution in [-0.4, -0.2) is 93.6 Å². The minimum absolute atomic E-state index is 0.273. The van der Waals surface area contributed by atoms with Crippen molar-refractivity contribution in [3.63, 3.8) is 0 Å². The molecule has 1 aliphatic carbocycles. The Labute approximate surface area is 149 Å². The Balaban J connectivity index is 1.77. The van der Waals surface area contributed by atoms with Gasteiger partial charge in [0.2, 0.25) is 0 Å². The molecule has 1 unspecified atom stereocenters. The molecule has 1 atom stereocenters. The molecule has 1 heterocycles. The van der Waals surface area contributed by atoms with E-state index in [4.69, 9.17) is 9.47 Å². The first kappa shape index (κ1) is 20.1. The summed E-state index contributed by atoms with van der Waals surface area (Å²) in [6.45, 7) is 11.0. The first-order valence-electron chi connectivity index (χ1n) is 9.80. The van der Waals surface area contributed by atoms with E-state index in [-0.39, 0.29) is 6.23 Å². The van der Waals surface area contributed by atoms with Crippen LogP contribution >= 0.6 is 0 Å². The molecule has 0 spiro atoms. The molecule has 5 heteroatoms. The van der Waals surface area contributed by atoms with E-state index in [0.29, 0.717) is 6.10 Å². The molecular weight excluding hydrogens is 302 g/mol. The van der Waals surface area contributed by atoms with E-state index in [9.17, 15) is 0 Å². The lowest BCUT2D eigenvalue weighted by Crippen LogP contribution is -2.52. The van der Waals surface area contributed by atoms with E-state index < -0.39 is 0 Å². The molecule has 0 N–H and O–H groups in total. The summed E-state index contributed by atoms with van der Waals surface area (Å²) in [7, 11) is 6.19. The Kier molecular flexibility index (Phi) is 8.44. The fourth-order valence-electron chi connectivity index (χ4n) is 3.96. The highest BCUT2D eigenvalue weighted by atomic mass is 16.5. The first-order valence-corrected chi connectivity index (χ1v) is 9.80. The van der Waals surface area contributed by atoms with Crippen molar-refractivity contribution in [3.8, 4) is 0 Å². The van der Waals surface area contributed by atoms with E-state index in [1.54, 1.807) is 0 Å². The lowest BCUT2D eigenvalue weighted by atomic mass is 9.86. The van der Waals surface area contributed by atoms with E-state index in [1.165, 1.54) is 51.9 Å². The fourth-order valence-corrected chi connectivity index (χ4v) is 3.96. The fraction of sp³-hybridized carbons (Fsp3) is 1.00. The molecule has 2 rings (SSSR count). The van der Waals surface area contributed by atoms with Crippen LogP contribution < -0.4 is 0 Å². The number of hydrogen-bond acceptors (Lipinski definition) is 5. The second-order valence-electron chi connectivity index (χ2n) is 7.82. The van der Waals surface area contributed by atoms with E-state index >= 15 is 0 Å². The van der Waals surface area contributed by atoms with Crippen molar-refractivity contribution in [2.45, 2.75) is 57.9 Å². The summed E-state index contributed by atoms with van der Waals surface area (Å²) < 4.78 is 11.2. The molecule has 1 saturated carbocycles. The van der Waals surface area contributed by atoms with Gasteiger partial charge in [0.05, 0.1) is 6.10 Å². The average Bonchev–Trinajstić information content (AvgIpc) is 2.52. The first-order chi connectivity index (χ1) is 11.5. The zero-order valence-electron chi connectivity index (χ0n) is 16.5. The molecule has 0 aromatic rings. The maximum absolute atomic E-state index is 5.75. The molecule has 142 valence electrons. The van der Waals surface area contributed by atoms with E-state index in [0.717, 1.165) is 25.1 Å². The summed E-state index contributed by atoms with van der Waals surface area (Å²) in [5, 5.41) is 0. The molecule has 0 aromatic carbocycles. The molecule has 0 amide bonds. The van der Waals surface area contributed by atoms with Gasteiger partial charge in [-0.05, 0) is 59.5 Å². The summed E-state index contributed by atoms with van der Waals surface area (Å²) in [4.78, 5) is 7.53. The standard InChI is InChI=1S/C19H39N3O2/c1-6-24-16(2)21-9-7-17(8-10-21)15-22(12-11-20(3)4)18-13-19(14-18)23-5/h16-19H,6-15H2,1-5H3/t16?,18-,19-. The van der Waals surface area contributed by atoms with Crippen LogP contribution in [0, 0.1) is 5.92 Å². The zero-order chi connectivity index (χ0) is 17.5. The van der Waals surface area contributed by atoms with E-state index in [2.05, 4.69) is 42.6 Å². The van der Waals surface area contributed by atoms with Crippen molar-refractivity contribution >= 4 is 0 Å². The third-order valence-electron chi connectivity index (χ3n) is 5.82. The molecule has 0 bridgehead atoms. The van der Waals surface area contributed by atoms with Crippen LogP contribution in [-0.2, 0) is 9.47 Å². The Morgan fingerprint density at radius 3 is 2.33 bits per heavy atom. The van der Waals surface area contributed by atoms with Crippen molar-refractivity contribution in [2.75, 3.05) is 60.5 Å². The minimum Gasteiger partial charge on any atom is -0.381 e. The molecule has 1 aliphatic heterocycles. The number of likely N-dealkylation sites (N-methyl/N-ethyl adjacent to an activating group) is 1. The number of hydrogen-bond donors (Lipinski definition) is 0. The van der Waals surface area contributed by atoms with Crippen LogP contribution in [0.15, 0.2) is 0 Å². The van der Waals surface area contributed by atoms with Gasteiger partial charge in [0, 0.05) is 52.5 Å². The number of methoxy groups -OCH3 is 1. The van der Waals surface area contributed by atoms with Crippen LogP contribution in [0.1, 0.15) is 39.5 Å². The lowest BCUT2D eigenvalue weighted by molar-refractivity contribution is -0.0633. The second-order valence-corrected chi connectivity index (χ2v) is 7.82. The van der Waals surface area contributed by atoms with Gasteiger partial charge in [0.1, 0.15) is 6.23 Å².